The number of phosphoric acid groups is 1. The lowest BCUT2D eigenvalue weighted by Gasteiger charge is -2.27. The molecule has 14 heteroatoms. The predicted octanol–water partition coefficient (Wildman–Crippen LogP) is 5.96. The Morgan fingerprint density at radius 2 is 1.06 bits per heavy atom. The molecule has 0 fully saturated rings. The van der Waals surface area contributed by atoms with Gasteiger partial charge in [-0.05, 0) is 70.8 Å². The molecule has 13 nitrogen and oxygen atoms in total. The Morgan fingerprint density at radius 3 is 1.46 bits per heavy atom. The van der Waals surface area contributed by atoms with Crippen LogP contribution in [-0.2, 0) is 63.6 Å². The van der Waals surface area contributed by atoms with Crippen LogP contribution in [0.25, 0.3) is 0 Å². The Morgan fingerprint density at radius 1 is 0.654 bits per heavy atom. The van der Waals surface area contributed by atoms with E-state index in [9.17, 15) is 35.5 Å². The number of benzene rings is 4. The summed E-state index contributed by atoms with van der Waals surface area (Å²) in [5.41, 5.74) is 3.45. The summed E-state index contributed by atoms with van der Waals surface area (Å²) in [6, 6.07) is 33.9. The molecule has 0 unspecified atom stereocenters. The van der Waals surface area contributed by atoms with Crippen molar-refractivity contribution in [3.63, 3.8) is 0 Å². The molecular weight excluding hydrogens is 687 g/mol. The van der Waals surface area contributed by atoms with Crippen molar-refractivity contribution < 1.29 is 42.2 Å². The van der Waals surface area contributed by atoms with Crippen LogP contribution in [0.2, 0.25) is 0 Å². The molecule has 4 aromatic carbocycles. The topological polar surface area (TPSA) is 205 Å². The fourth-order valence-electron chi connectivity index (χ4n) is 4.97. The van der Waals surface area contributed by atoms with Gasteiger partial charge in [0.15, 0.2) is 11.9 Å². The van der Waals surface area contributed by atoms with Crippen molar-refractivity contribution >= 4 is 13.8 Å². The Hall–Kier alpha value is -6.28. The van der Waals surface area contributed by atoms with Gasteiger partial charge >= 0.3 is 13.8 Å². The molecule has 0 aliphatic carbocycles. The summed E-state index contributed by atoms with van der Waals surface area (Å²) >= 11 is 0. The first-order valence-corrected chi connectivity index (χ1v) is 17.1. The molecule has 2 atom stereocenters. The van der Waals surface area contributed by atoms with Crippen LogP contribution in [0, 0.1) is 45.3 Å². The van der Waals surface area contributed by atoms with Gasteiger partial charge in [0.1, 0.15) is 19.3 Å². The van der Waals surface area contributed by atoms with Gasteiger partial charge in [-0.25, -0.2) is 9.36 Å². The summed E-state index contributed by atoms with van der Waals surface area (Å²) in [5.74, 6) is -1.52. The van der Waals surface area contributed by atoms with Crippen LogP contribution in [-0.4, -0.2) is 29.9 Å². The van der Waals surface area contributed by atoms with E-state index < -0.39 is 32.6 Å². The van der Waals surface area contributed by atoms with Crippen LogP contribution < -0.4 is 0 Å². The number of esters is 1. The molecule has 0 saturated heterocycles. The number of carbonyl (C=O) groups excluding carboxylic acids is 1. The van der Waals surface area contributed by atoms with E-state index in [1.807, 2.05) is 24.3 Å². The van der Waals surface area contributed by atoms with E-state index in [-0.39, 0.29) is 37.9 Å². The van der Waals surface area contributed by atoms with Crippen LogP contribution >= 0.6 is 7.82 Å². The van der Waals surface area contributed by atoms with Gasteiger partial charge in [0.25, 0.3) is 0 Å². The molecular formula is C38H29N4O9P. The highest BCUT2D eigenvalue weighted by Gasteiger charge is 2.46. The molecule has 0 radical (unpaired) electrons. The van der Waals surface area contributed by atoms with E-state index in [4.69, 9.17) is 27.8 Å². The number of nitriles is 4. The minimum Gasteiger partial charge on any atom is -0.485 e. The zero-order chi connectivity index (χ0) is 36.9. The zero-order valence-corrected chi connectivity index (χ0v) is 28.3. The zero-order valence-electron chi connectivity index (χ0n) is 27.4. The SMILES string of the molecule is N#Cc1cccc(COC2=C(OCc3cccc(C#N)c3)[C@@H]([C@H](CO)OP(=O)(OCc3cccc(C#N)c3)OCc3cccc(C#N)c3)OC2=O)c1. The fraction of sp³-hybridized carbons (Fsp3) is 0.184. The average molecular weight is 717 g/mol. The van der Waals surface area contributed by atoms with Crippen molar-refractivity contribution in [1.82, 2.24) is 0 Å². The maximum absolute atomic E-state index is 14.3. The molecule has 1 aliphatic rings. The van der Waals surface area contributed by atoms with E-state index >= 15 is 0 Å². The quantitative estimate of drug-likeness (QED) is 0.105. The number of aliphatic hydroxyl groups excluding tert-OH is 1. The summed E-state index contributed by atoms with van der Waals surface area (Å²) in [7, 11) is -4.65. The lowest BCUT2D eigenvalue weighted by molar-refractivity contribution is -0.148. The second-order valence-corrected chi connectivity index (χ2v) is 12.8. The third-order valence-corrected chi connectivity index (χ3v) is 8.88. The second-order valence-electron chi connectivity index (χ2n) is 11.2. The number of hydrogen-bond donors (Lipinski definition) is 1. The first kappa shape index (κ1) is 37.0. The van der Waals surface area contributed by atoms with Crippen molar-refractivity contribution in [2.24, 2.45) is 0 Å². The molecule has 0 spiro atoms. The average Bonchev–Trinajstić information content (AvgIpc) is 3.51. The molecule has 1 aliphatic heterocycles. The third kappa shape index (κ3) is 9.69. The van der Waals surface area contributed by atoms with E-state index in [1.165, 1.54) is 12.1 Å². The second kappa shape index (κ2) is 17.6. The number of nitrogens with zero attached hydrogens (tertiary/aromatic N) is 4. The molecule has 1 heterocycles. The number of hydrogen-bond acceptors (Lipinski definition) is 13. The standard InChI is InChI=1S/C38H29N4O9P/c39-17-26-5-1-9-30(13-26)22-46-36-35(50-38(44)37(36)47-23-31-10-2-6-27(14-31)18-40)34(21-43)51-52(45,48-24-32-11-3-7-28(15-32)19-41)49-25-33-12-4-8-29(16-33)20-42/h1-16,34-35,43H,21-25H2/t34-,35+/m0/s1. The number of phosphoric ester groups is 1. The fourth-order valence-corrected chi connectivity index (χ4v) is 6.29. The van der Waals surface area contributed by atoms with Crippen LogP contribution in [0.1, 0.15) is 44.5 Å². The molecule has 52 heavy (non-hydrogen) atoms. The van der Waals surface area contributed by atoms with Crippen LogP contribution in [0.5, 0.6) is 0 Å². The van der Waals surface area contributed by atoms with Gasteiger partial charge in [-0.15, -0.1) is 0 Å². The van der Waals surface area contributed by atoms with Gasteiger partial charge in [0.2, 0.25) is 5.76 Å². The normalized spacial score (nSPS) is 14.3. The van der Waals surface area contributed by atoms with Crippen LogP contribution in [0.15, 0.2) is 109 Å². The Bertz CT molecular complexity index is 2130. The molecule has 0 saturated carbocycles. The van der Waals surface area contributed by atoms with Crippen molar-refractivity contribution in [3.05, 3.63) is 153 Å². The highest BCUT2D eigenvalue weighted by Crippen LogP contribution is 2.53. The smallest absolute Gasteiger partial charge is 0.475 e. The summed E-state index contributed by atoms with van der Waals surface area (Å²) < 4.78 is 49.0. The van der Waals surface area contributed by atoms with Gasteiger partial charge in [-0.3, -0.25) is 13.6 Å². The number of ether oxygens (including phenoxy) is 3. The highest BCUT2D eigenvalue weighted by atomic mass is 31.2. The number of rotatable bonds is 16. The lowest BCUT2D eigenvalue weighted by atomic mass is 10.1. The first-order chi connectivity index (χ1) is 25.3. The van der Waals surface area contributed by atoms with Crippen molar-refractivity contribution in [3.8, 4) is 24.3 Å². The van der Waals surface area contributed by atoms with Gasteiger partial charge in [0, 0.05) is 0 Å². The van der Waals surface area contributed by atoms with Gasteiger partial charge < -0.3 is 19.3 Å². The van der Waals surface area contributed by atoms with Gasteiger partial charge in [0.05, 0.1) is 66.4 Å². The predicted molar refractivity (Wildman–Crippen MR) is 180 cm³/mol. The van der Waals surface area contributed by atoms with Crippen LogP contribution in [0.3, 0.4) is 0 Å². The Balaban J connectivity index is 1.44. The van der Waals surface area contributed by atoms with E-state index in [2.05, 4.69) is 0 Å². The molecule has 5 rings (SSSR count). The highest BCUT2D eigenvalue weighted by molar-refractivity contribution is 7.48. The third-order valence-electron chi connectivity index (χ3n) is 7.46. The number of aliphatic hydroxyl groups is 1. The van der Waals surface area contributed by atoms with Crippen molar-refractivity contribution in [1.29, 1.82) is 21.0 Å². The van der Waals surface area contributed by atoms with Crippen LogP contribution in [0.4, 0.5) is 0 Å². The largest absolute Gasteiger partial charge is 0.485 e. The Labute approximate surface area is 299 Å². The first-order valence-electron chi connectivity index (χ1n) is 15.6. The minimum absolute atomic E-state index is 0.164. The molecule has 4 aromatic rings. The van der Waals surface area contributed by atoms with E-state index in [0.29, 0.717) is 44.5 Å². The summed E-state index contributed by atoms with van der Waals surface area (Å²) in [6.07, 6.45) is -3.10. The lowest BCUT2D eigenvalue weighted by Crippen LogP contribution is -2.35. The summed E-state index contributed by atoms with van der Waals surface area (Å²) in [6.45, 7) is -1.86. The maximum Gasteiger partial charge on any atom is 0.475 e. The summed E-state index contributed by atoms with van der Waals surface area (Å²) in [5, 5.41) is 47.8. The maximum atomic E-state index is 14.3. The summed E-state index contributed by atoms with van der Waals surface area (Å²) in [4.78, 5) is 13.3. The molecule has 0 aromatic heterocycles. The molecule has 0 amide bonds. The van der Waals surface area contributed by atoms with Gasteiger partial charge in [-0.2, -0.15) is 21.0 Å². The van der Waals surface area contributed by atoms with Crippen molar-refractivity contribution in [2.45, 2.75) is 38.6 Å². The van der Waals surface area contributed by atoms with Crippen molar-refractivity contribution in [2.75, 3.05) is 6.61 Å². The number of cyclic esters (lactones) is 1. The Kier molecular flexibility index (Phi) is 12.5. The van der Waals surface area contributed by atoms with E-state index in [0.717, 1.165) is 0 Å². The molecule has 260 valence electrons. The minimum atomic E-state index is -4.65. The van der Waals surface area contributed by atoms with E-state index in [1.54, 1.807) is 84.9 Å². The van der Waals surface area contributed by atoms with Gasteiger partial charge in [-0.1, -0.05) is 48.5 Å². The molecule has 0 bridgehead atoms. The molecule has 1 N–H and O–H groups in total. The number of carbonyl (C=O) groups is 1. The monoisotopic (exact) mass is 716 g/mol.